The van der Waals surface area contributed by atoms with Gasteiger partial charge in [0.15, 0.2) is 6.07 Å². The first-order valence-electron chi connectivity index (χ1n) is 3.45. The van der Waals surface area contributed by atoms with Crippen molar-refractivity contribution in [1.82, 2.24) is 4.90 Å². The normalized spacial score (nSPS) is 21.4. The maximum atomic E-state index is 11.0. The van der Waals surface area contributed by atoms with Gasteiger partial charge in [0.25, 0.3) is 0 Å². The molecule has 1 unspecified atom stereocenters. The van der Waals surface area contributed by atoms with Crippen molar-refractivity contribution < 1.29 is 14.3 Å². The summed E-state index contributed by atoms with van der Waals surface area (Å²) in [5.74, 6) is -0.507. The number of halogens is 1. The Morgan fingerprint density at radius 2 is 2.33 bits per heavy atom. The number of nitrogens with two attached hydrogens (primary N) is 1. The number of primary amides is 1. The van der Waals surface area contributed by atoms with E-state index in [1.807, 2.05) is 0 Å². The number of alkyl halides is 1. The zero-order chi connectivity index (χ0) is 9.14. The molecule has 0 bridgehead atoms. The molecule has 6 heteroatoms. The van der Waals surface area contributed by atoms with Crippen molar-refractivity contribution in [1.29, 1.82) is 0 Å². The number of amides is 2. The molecule has 1 heterocycles. The van der Waals surface area contributed by atoms with Crippen LogP contribution in [-0.2, 0) is 9.53 Å². The number of hydrogen-bond donors (Lipinski definition) is 1. The highest BCUT2D eigenvalue weighted by molar-refractivity contribution is 6.17. The Balaban J connectivity index is 2.43. The van der Waals surface area contributed by atoms with Crippen LogP contribution in [0.2, 0.25) is 0 Å². The van der Waals surface area contributed by atoms with Crippen molar-refractivity contribution >= 4 is 23.6 Å². The molecule has 0 aromatic heterocycles. The molecule has 1 atom stereocenters. The molecule has 2 amide bonds. The van der Waals surface area contributed by atoms with E-state index in [0.29, 0.717) is 13.0 Å². The van der Waals surface area contributed by atoms with Crippen LogP contribution in [0.1, 0.15) is 6.42 Å². The molecule has 12 heavy (non-hydrogen) atoms. The van der Waals surface area contributed by atoms with Crippen molar-refractivity contribution in [3.63, 3.8) is 0 Å². The van der Waals surface area contributed by atoms with Gasteiger partial charge in [-0.05, 0) is 6.42 Å². The van der Waals surface area contributed by atoms with Crippen LogP contribution in [0, 0.1) is 0 Å². The summed E-state index contributed by atoms with van der Waals surface area (Å²) in [7, 11) is 0. The van der Waals surface area contributed by atoms with Crippen molar-refractivity contribution in [3.05, 3.63) is 0 Å². The number of likely N-dealkylation sites (tertiary alicyclic amines) is 1. The molecule has 2 N–H and O–H groups in total. The van der Waals surface area contributed by atoms with E-state index in [-0.39, 0.29) is 6.07 Å². The van der Waals surface area contributed by atoms with Crippen LogP contribution < -0.4 is 5.73 Å². The average molecular weight is 193 g/mol. The largest absolute Gasteiger partial charge is 0.433 e. The summed E-state index contributed by atoms with van der Waals surface area (Å²) >= 11 is 5.16. The van der Waals surface area contributed by atoms with Gasteiger partial charge in [0.1, 0.15) is 6.04 Å². The number of carbonyl (C=O) groups excluding carboxylic acids is 2. The second-order valence-electron chi connectivity index (χ2n) is 2.42. The lowest BCUT2D eigenvalue weighted by molar-refractivity contribution is -0.126. The highest BCUT2D eigenvalue weighted by atomic mass is 35.5. The van der Waals surface area contributed by atoms with Crippen LogP contribution in [0.3, 0.4) is 0 Å². The third kappa shape index (κ3) is 1.61. The summed E-state index contributed by atoms with van der Waals surface area (Å²) in [6, 6.07) is -0.721. The van der Waals surface area contributed by atoms with Crippen molar-refractivity contribution in [2.24, 2.45) is 5.73 Å². The molecular formula is C6H9ClN2O3. The van der Waals surface area contributed by atoms with Gasteiger partial charge in [-0.15, -0.1) is 0 Å². The minimum absolute atomic E-state index is 0.208. The van der Waals surface area contributed by atoms with Gasteiger partial charge < -0.3 is 10.5 Å². The predicted octanol–water partition coefficient (Wildman–Crippen LogP) is -0.121. The minimum Gasteiger partial charge on any atom is -0.433 e. The fourth-order valence-electron chi connectivity index (χ4n) is 1.03. The Morgan fingerprint density at radius 1 is 1.67 bits per heavy atom. The van der Waals surface area contributed by atoms with E-state index in [1.54, 1.807) is 0 Å². The molecule has 0 aromatic rings. The fraction of sp³-hybridized carbons (Fsp3) is 0.667. The van der Waals surface area contributed by atoms with Crippen LogP contribution >= 0.6 is 11.6 Å². The van der Waals surface area contributed by atoms with Crippen molar-refractivity contribution in [3.8, 4) is 0 Å². The number of nitrogens with zero attached hydrogens (tertiary/aromatic N) is 1. The van der Waals surface area contributed by atoms with Crippen LogP contribution in [0.5, 0.6) is 0 Å². The maximum Gasteiger partial charge on any atom is 0.411 e. The topological polar surface area (TPSA) is 72.6 Å². The van der Waals surface area contributed by atoms with Gasteiger partial charge in [-0.3, -0.25) is 9.69 Å². The summed E-state index contributed by atoms with van der Waals surface area (Å²) in [4.78, 5) is 22.8. The molecule has 68 valence electrons. The molecule has 0 saturated carbocycles. The first kappa shape index (κ1) is 9.12. The van der Waals surface area contributed by atoms with Gasteiger partial charge in [-0.1, -0.05) is 11.6 Å². The molecule has 5 nitrogen and oxygen atoms in total. The molecule has 1 aliphatic heterocycles. The van der Waals surface area contributed by atoms with Gasteiger partial charge in [-0.25, -0.2) is 4.79 Å². The quantitative estimate of drug-likeness (QED) is 0.620. The third-order valence-corrected chi connectivity index (χ3v) is 1.87. The van der Waals surface area contributed by atoms with E-state index >= 15 is 0 Å². The molecule has 0 aliphatic carbocycles. The van der Waals surface area contributed by atoms with Crippen molar-refractivity contribution in [2.45, 2.75) is 12.5 Å². The monoisotopic (exact) mass is 192 g/mol. The second-order valence-corrected chi connectivity index (χ2v) is 2.64. The van der Waals surface area contributed by atoms with Gasteiger partial charge >= 0.3 is 6.09 Å². The van der Waals surface area contributed by atoms with E-state index < -0.39 is 18.0 Å². The zero-order valence-electron chi connectivity index (χ0n) is 6.33. The van der Waals surface area contributed by atoms with E-state index in [2.05, 4.69) is 4.74 Å². The van der Waals surface area contributed by atoms with E-state index in [1.165, 1.54) is 4.90 Å². The molecule has 1 aliphatic rings. The molecular weight excluding hydrogens is 184 g/mol. The van der Waals surface area contributed by atoms with Crippen molar-refractivity contribution in [2.75, 3.05) is 12.6 Å². The summed E-state index contributed by atoms with van der Waals surface area (Å²) < 4.78 is 4.47. The number of carbonyl (C=O) groups is 2. The number of ether oxygens (including phenoxy) is 1. The Hall–Kier alpha value is -0.970. The van der Waals surface area contributed by atoms with E-state index in [9.17, 15) is 9.59 Å². The Morgan fingerprint density at radius 3 is 2.67 bits per heavy atom. The summed E-state index contributed by atoms with van der Waals surface area (Å²) in [5, 5.41) is 0. The van der Waals surface area contributed by atoms with Crippen LogP contribution in [-0.4, -0.2) is 35.6 Å². The zero-order valence-corrected chi connectivity index (χ0v) is 7.08. The number of rotatable bonds is 2. The molecule has 1 saturated heterocycles. The van der Waals surface area contributed by atoms with Crippen LogP contribution in [0.4, 0.5) is 4.79 Å². The SMILES string of the molecule is NC(=O)C1CCN1C(=O)OCCl. The lowest BCUT2D eigenvalue weighted by atomic mass is 10.0. The lowest BCUT2D eigenvalue weighted by Gasteiger charge is -2.37. The third-order valence-electron chi connectivity index (χ3n) is 1.76. The molecule has 1 fully saturated rings. The molecule has 0 aromatic carbocycles. The van der Waals surface area contributed by atoms with E-state index in [0.717, 1.165) is 0 Å². The first-order chi connectivity index (χ1) is 5.66. The van der Waals surface area contributed by atoms with Crippen LogP contribution in [0.15, 0.2) is 0 Å². The predicted molar refractivity (Wildman–Crippen MR) is 41.5 cm³/mol. The maximum absolute atomic E-state index is 11.0. The summed E-state index contributed by atoms with van der Waals surface area (Å²) in [6.45, 7) is 0.503. The van der Waals surface area contributed by atoms with E-state index in [4.69, 9.17) is 17.3 Å². The highest BCUT2D eigenvalue weighted by Crippen LogP contribution is 2.17. The first-order valence-corrected chi connectivity index (χ1v) is 3.99. The molecule has 0 spiro atoms. The van der Waals surface area contributed by atoms with Crippen LogP contribution in [0.25, 0.3) is 0 Å². The summed E-state index contributed by atoms with van der Waals surface area (Å²) in [5.41, 5.74) is 5.00. The standard InChI is InChI=1S/C6H9ClN2O3/c7-3-12-6(11)9-2-1-4(9)5(8)10/h4H,1-3H2,(H2,8,10). The Kier molecular flexibility index (Phi) is 2.75. The molecule has 1 rings (SSSR count). The molecule has 0 radical (unpaired) electrons. The highest BCUT2D eigenvalue weighted by Gasteiger charge is 2.37. The minimum atomic E-state index is -0.583. The van der Waals surface area contributed by atoms with Gasteiger partial charge in [0.2, 0.25) is 5.91 Å². The fourth-order valence-corrected chi connectivity index (χ4v) is 1.12. The average Bonchev–Trinajstić information content (AvgIpc) is 1.82. The lowest BCUT2D eigenvalue weighted by Crippen LogP contribution is -2.57. The smallest absolute Gasteiger partial charge is 0.411 e. The van der Waals surface area contributed by atoms with Gasteiger partial charge in [-0.2, -0.15) is 0 Å². The number of hydrogen-bond acceptors (Lipinski definition) is 3. The summed E-state index contributed by atoms with van der Waals surface area (Å²) in [6.07, 6.45) is 0.0206. The Bertz CT molecular complexity index is 209. The van der Waals surface area contributed by atoms with Gasteiger partial charge in [0.05, 0.1) is 0 Å². The second kappa shape index (κ2) is 3.62. The Labute approximate surface area is 74.4 Å². The van der Waals surface area contributed by atoms with Gasteiger partial charge in [0, 0.05) is 6.54 Å².